The van der Waals surface area contributed by atoms with Gasteiger partial charge in [0.2, 0.25) is 0 Å². The second-order valence-electron chi connectivity index (χ2n) is 8.93. The molecule has 32 heavy (non-hydrogen) atoms. The highest BCUT2D eigenvalue weighted by molar-refractivity contribution is 5.84. The Morgan fingerprint density at radius 3 is 2.56 bits per heavy atom. The van der Waals surface area contributed by atoms with Crippen LogP contribution < -0.4 is 0 Å². The molecule has 4 rings (SSSR count). The van der Waals surface area contributed by atoms with Gasteiger partial charge in [0.1, 0.15) is 17.2 Å². The number of carbonyl (C=O) groups is 1. The second-order valence-corrected chi connectivity index (χ2v) is 8.93. The van der Waals surface area contributed by atoms with Gasteiger partial charge in [-0.3, -0.25) is 0 Å². The molecule has 1 aliphatic heterocycles. The second kappa shape index (κ2) is 8.81. The molecule has 1 N–H and O–H groups in total. The molecule has 0 aromatic heterocycles. The van der Waals surface area contributed by atoms with Crippen molar-refractivity contribution in [2.24, 2.45) is 5.92 Å². The summed E-state index contributed by atoms with van der Waals surface area (Å²) in [5, 5.41) is 21.1. The molecule has 1 aromatic rings. The largest absolute Gasteiger partial charge is 0.430 e. The van der Waals surface area contributed by atoms with Crippen LogP contribution in [0.2, 0.25) is 0 Å². The van der Waals surface area contributed by atoms with E-state index in [0.29, 0.717) is 24.0 Å². The average Bonchev–Trinajstić information content (AvgIpc) is 3.45. The van der Waals surface area contributed by atoms with Crippen molar-refractivity contribution in [1.29, 1.82) is 5.26 Å². The van der Waals surface area contributed by atoms with Crippen molar-refractivity contribution >= 4 is 5.97 Å². The number of carbonyl (C=O) groups excluding carboxylic acids is 1. The smallest absolute Gasteiger partial charge is 0.341 e. The molecule has 166 valence electrons. The van der Waals surface area contributed by atoms with Crippen LogP contribution in [0.25, 0.3) is 0 Å². The number of rotatable bonds is 4. The molecule has 1 atom stereocenters. The van der Waals surface area contributed by atoms with E-state index >= 15 is 0 Å². The quantitative estimate of drug-likeness (QED) is 0.545. The summed E-state index contributed by atoms with van der Waals surface area (Å²) in [5.41, 5.74) is -1.35. The number of esters is 1. The van der Waals surface area contributed by atoms with Gasteiger partial charge in [-0.1, -0.05) is 43.6 Å². The summed E-state index contributed by atoms with van der Waals surface area (Å²) in [6.45, 7) is 3.51. The predicted molar refractivity (Wildman–Crippen MR) is 115 cm³/mol. The molecule has 1 heterocycles. The van der Waals surface area contributed by atoms with E-state index in [4.69, 9.17) is 9.47 Å². The first-order valence-corrected chi connectivity index (χ1v) is 11.1. The summed E-state index contributed by atoms with van der Waals surface area (Å²) in [6, 6.07) is 7.01. The predicted octanol–water partition coefficient (Wildman–Crippen LogP) is 4.75. The number of aliphatic hydroxyl groups is 1. The van der Waals surface area contributed by atoms with Crippen LogP contribution in [0.3, 0.4) is 0 Å². The van der Waals surface area contributed by atoms with Crippen molar-refractivity contribution in [3.63, 3.8) is 0 Å². The van der Waals surface area contributed by atoms with E-state index in [1.165, 1.54) is 12.1 Å². The van der Waals surface area contributed by atoms with Crippen LogP contribution in [-0.2, 0) is 19.7 Å². The van der Waals surface area contributed by atoms with E-state index < -0.39 is 22.8 Å². The third-order valence-electron chi connectivity index (χ3n) is 6.79. The lowest BCUT2D eigenvalue weighted by molar-refractivity contribution is -0.141. The number of hydrogen-bond donors (Lipinski definition) is 1. The van der Waals surface area contributed by atoms with Gasteiger partial charge in [-0.15, -0.1) is 0 Å². The van der Waals surface area contributed by atoms with Crippen LogP contribution in [0.15, 0.2) is 42.6 Å². The molecular weight excluding hydrogens is 409 g/mol. The molecule has 0 amide bonds. The van der Waals surface area contributed by atoms with Crippen molar-refractivity contribution in [3.05, 3.63) is 59.5 Å². The van der Waals surface area contributed by atoms with Gasteiger partial charge in [-0.2, -0.15) is 5.26 Å². The molecule has 2 saturated carbocycles. The highest BCUT2D eigenvalue weighted by Crippen LogP contribution is 2.42. The molecule has 6 heteroatoms. The van der Waals surface area contributed by atoms with Crippen molar-refractivity contribution in [2.45, 2.75) is 68.8 Å². The maximum absolute atomic E-state index is 14.9. The molecule has 1 unspecified atom stereocenters. The van der Waals surface area contributed by atoms with Gasteiger partial charge < -0.3 is 14.6 Å². The van der Waals surface area contributed by atoms with Gasteiger partial charge in [-0.05, 0) is 50.3 Å². The third kappa shape index (κ3) is 4.42. The van der Waals surface area contributed by atoms with Crippen LogP contribution in [0.5, 0.6) is 0 Å². The molecule has 5 nitrogen and oxygen atoms in total. The Hall–Kier alpha value is -3.09. The number of nitrogens with zero attached hydrogens (tertiary/aromatic N) is 1. The van der Waals surface area contributed by atoms with Crippen molar-refractivity contribution in [3.8, 4) is 17.9 Å². The Morgan fingerprint density at radius 2 is 1.94 bits per heavy atom. The van der Waals surface area contributed by atoms with Gasteiger partial charge in [0.25, 0.3) is 5.95 Å². The van der Waals surface area contributed by atoms with E-state index in [2.05, 4.69) is 24.5 Å². The third-order valence-corrected chi connectivity index (χ3v) is 6.79. The monoisotopic (exact) mass is 435 g/mol. The average molecular weight is 435 g/mol. The molecule has 3 aliphatic rings. The van der Waals surface area contributed by atoms with Gasteiger partial charge in [0.15, 0.2) is 0 Å². The molecule has 1 aromatic carbocycles. The Kier molecular flexibility index (Phi) is 6.09. The topological polar surface area (TPSA) is 79.5 Å². The summed E-state index contributed by atoms with van der Waals surface area (Å²) >= 11 is 0. The molecule has 0 bridgehead atoms. The van der Waals surface area contributed by atoms with E-state index in [-0.39, 0.29) is 24.0 Å². The molecule has 0 saturated heterocycles. The lowest BCUT2D eigenvalue weighted by Gasteiger charge is -2.30. The Labute approximate surface area is 187 Å². The van der Waals surface area contributed by atoms with E-state index in [1.54, 1.807) is 12.1 Å². The van der Waals surface area contributed by atoms with Crippen molar-refractivity contribution < 1.29 is 23.8 Å². The lowest BCUT2D eigenvalue weighted by Crippen LogP contribution is -2.36. The highest BCUT2D eigenvalue weighted by Gasteiger charge is 2.40. The van der Waals surface area contributed by atoms with E-state index in [1.807, 2.05) is 0 Å². The minimum absolute atomic E-state index is 0.0108. The number of cyclic esters (lactones) is 1. The standard InChI is InChI=1S/C26H26FNO4/c1-18-31-21(15-24(29)32-18)16-26(30,20-6-2-3-7-20)13-10-19-8-9-22(23(27)14-19)25(17-28)11-4-5-12-25/h8-9,14-15,20,30H,1-7,11-12,16H2. The van der Waals surface area contributed by atoms with Gasteiger partial charge in [0, 0.05) is 17.5 Å². The summed E-state index contributed by atoms with van der Waals surface area (Å²) in [4.78, 5) is 11.7. The summed E-state index contributed by atoms with van der Waals surface area (Å²) in [6.07, 6.45) is 7.95. The minimum Gasteiger partial charge on any atom is -0.430 e. The maximum Gasteiger partial charge on any atom is 0.341 e. The molecule has 2 aliphatic carbocycles. The number of halogens is 1. The van der Waals surface area contributed by atoms with Crippen molar-refractivity contribution in [2.75, 3.05) is 0 Å². The van der Waals surface area contributed by atoms with Gasteiger partial charge in [-0.25, -0.2) is 9.18 Å². The molecule has 0 spiro atoms. The summed E-state index contributed by atoms with van der Waals surface area (Å²) in [7, 11) is 0. The number of nitriles is 1. The molecule has 2 fully saturated rings. The fourth-order valence-corrected chi connectivity index (χ4v) is 5.10. The summed E-state index contributed by atoms with van der Waals surface area (Å²) < 4.78 is 25.1. The van der Waals surface area contributed by atoms with Gasteiger partial charge in [0.05, 0.1) is 17.6 Å². The van der Waals surface area contributed by atoms with E-state index in [0.717, 1.165) is 38.5 Å². The number of benzene rings is 1. The lowest BCUT2D eigenvalue weighted by atomic mass is 9.79. The van der Waals surface area contributed by atoms with Crippen LogP contribution in [0, 0.1) is 34.9 Å². The molecular formula is C26H26FNO4. The minimum atomic E-state index is -1.44. The highest BCUT2D eigenvalue weighted by atomic mass is 19.1. The number of hydrogen-bond acceptors (Lipinski definition) is 5. The zero-order valence-corrected chi connectivity index (χ0v) is 18.0. The Morgan fingerprint density at radius 1 is 1.22 bits per heavy atom. The zero-order chi connectivity index (χ0) is 22.8. The zero-order valence-electron chi connectivity index (χ0n) is 18.0. The Bertz CT molecular complexity index is 1060. The first-order chi connectivity index (χ1) is 15.3. The van der Waals surface area contributed by atoms with Crippen LogP contribution >= 0.6 is 0 Å². The normalized spacial score (nSPS) is 22.1. The maximum atomic E-state index is 14.9. The van der Waals surface area contributed by atoms with Crippen LogP contribution in [-0.4, -0.2) is 16.7 Å². The van der Waals surface area contributed by atoms with Gasteiger partial charge >= 0.3 is 5.97 Å². The first kappa shape index (κ1) is 22.1. The Balaban J connectivity index is 1.62. The van der Waals surface area contributed by atoms with Crippen molar-refractivity contribution in [1.82, 2.24) is 0 Å². The first-order valence-electron chi connectivity index (χ1n) is 11.1. The fourth-order valence-electron chi connectivity index (χ4n) is 5.10. The number of ether oxygens (including phenoxy) is 2. The SMILES string of the molecule is C=C1OC(=O)C=C(CC(O)(C#Cc2ccc(C3(C#N)CCCC3)c(F)c2)C2CCCC2)O1. The van der Waals surface area contributed by atoms with Crippen LogP contribution in [0.4, 0.5) is 4.39 Å². The van der Waals surface area contributed by atoms with Crippen LogP contribution in [0.1, 0.15) is 68.9 Å². The fraction of sp³-hybridized carbons (Fsp3) is 0.462. The molecule has 0 radical (unpaired) electrons. The summed E-state index contributed by atoms with van der Waals surface area (Å²) in [5.74, 6) is 4.84. The van der Waals surface area contributed by atoms with E-state index in [9.17, 15) is 19.6 Å².